The monoisotopic (exact) mass is 374 g/mol. The summed E-state index contributed by atoms with van der Waals surface area (Å²) < 4.78 is 8.16. The lowest BCUT2D eigenvalue weighted by atomic mass is 10.1. The van der Waals surface area contributed by atoms with E-state index in [1.165, 1.54) is 5.52 Å². The van der Waals surface area contributed by atoms with Gasteiger partial charge in [0.15, 0.2) is 0 Å². The van der Waals surface area contributed by atoms with Crippen molar-refractivity contribution in [2.75, 3.05) is 13.1 Å². The zero-order valence-electron chi connectivity index (χ0n) is 15.1. The van der Waals surface area contributed by atoms with Gasteiger partial charge in [-0.1, -0.05) is 0 Å². The van der Waals surface area contributed by atoms with Gasteiger partial charge in [-0.3, -0.25) is 4.98 Å². The van der Waals surface area contributed by atoms with E-state index in [1.807, 2.05) is 18.2 Å². The van der Waals surface area contributed by atoms with Crippen molar-refractivity contribution in [3.8, 4) is 11.8 Å². The van der Waals surface area contributed by atoms with Gasteiger partial charge in [0.05, 0.1) is 17.1 Å². The average Bonchev–Trinajstić information content (AvgIpc) is 3.17. The van der Waals surface area contributed by atoms with Crippen LogP contribution in [0, 0.1) is 4.91 Å². The van der Waals surface area contributed by atoms with Crippen molar-refractivity contribution in [1.29, 1.82) is 0 Å². The molecule has 0 aliphatic carbocycles. The first-order chi connectivity index (χ1) is 13.8. The molecule has 0 spiro atoms. The molecule has 0 amide bonds. The molecule has 1 N–H and O–H groups in total. The third kappa shape index (κ3) is 2.97. The van der Waals surface area contributed by atoms with Crippen LogP contribution in [-0.4, -0.2) is 32.6 Å². The quantitative estimate of drug-likeness (QED) is 0.541. The summed E-state index contributed by atoms with van der Waals surface area (Å²) in [6, 6.07) is 10.2. The molecule has 28 heavy (non-hydrogen) atoms. The Morgan fingerprint density at radius 2 is 2.04 bits per heavy atom. The molecule has 0 saturated carbocycles. The smallest absolute Gasteiger partial charge is 0.324 e. The fraction of sp³-hybridized carbons (Fsp3) is 0.250. The number of ether oxygens (including phenoxy) is 1. The molecule has 140 valence electrons. The minimum atomic E-state index is 0.0422. The lowest BCUT2D eigenvalue weighted by Gasteiger charge is -2.25. The molecule has 1 aliphatic rings. The van der Waals surface area contributed by atoms with E-state index in [2.05, 4.69) is 42.3 Å². The second kappa shape index (κ2) is 6.97. The number of pyridine rings is 1. The third-order valence-electron chi connectivity index (χ3n) is 5.15. The summed E-state index contributed by atoms with van der Waals surface area (Å²) in [7, 11) is 0. The van der Waals surface area contributed by atoms with E-state index in [0.29, 0.717) is 22.7 Å². The summed E-state index contributed by atoms with van der Waals surface area (Å²) in [5.41, 5.74) is 1.69. The van der Waals surface area contributed by atoms with E-state index in [4.69, 9.17) is 4.74 Å². The predicted octanol–water partition coefficient (Wildman–Crippen LogP) is 4.09. The molecule has 3 aromatic heterocycles. The third-order valence-corrected chi connectivity index (χ3v) is 5.15. The average molecular weight is 374 g/mol. The summed E-state index contributed by atoms with van der Waals surface area (Å²) in [6.07, 6.45) is 7.52. The number of hydrogen-bond acceptors (Lipinski definition) is 7. The molecule has 4 aromatic rings. The van der Waals surface area contributed by atoms with Gasteiger partial charge in [0.2, 0.25) is 5.82 Å². The molecular weight excluding hydrogens is 356 g/mol. The Morgan fingerprint density at radius 3 is 2.89 bits per heavy atom. The van der Waals surface area contributed by atoms with Crippen LogP contribution in [0.3, 0.4) is 0 Å². The van der Waals surface area contributed by atoms with Crippen LogP contribution < -0.4 is 10.1 Å². The maximum atomic E-state index is 11.1. The molecule has 1 aromatic carbocycles. The second-order valence-electron chi connectivity index (χ2n) is 6.84. The molecule has 0 bridgehead atoms. The number of piperidine rings is 1. The largest absolute Gasteiger partial charge is 0.424 e. The summed E-state index contributed by atoms with van der Waals surface area (Å²) in [4.78, 5) is 23.6. The van der Waals surface area contributed by atoms with E-state index in [1.54, 1.807) is 18.5 Å². The van der Waals surface area contributed by atoms with E-state index < -0.39 is 0 Å². The molecule has 1 aliphatic heterocycles. The molecular formula is C20H18N6O2. The van der Waals surface area contributed by atoms with Crippen molar-refractivity contribution in [2.24, 2.45) is 5.18 Å². The Balaban J connectivity index is 1.47. The first kappa shape index (κ1) is 16.8. The molecule has 8 nitrogen and oxygen atoms in total. The molecule has 0 unspecified atom stereocenters. The summed E-state index contributed by atoms with van der Waals surface area (Å²) in [5.74, 6) is 0.649. The van der Waals surface area contributed by atoms with Crippen molar-refractivity contribution in [3.63, 3.8) is 0 Å². The highest BCUT2D eigenvalue weighted by Crippen LogP contribution is 2.31. The van der Waals surface area contributed by atoms with E-state index in [9.17, 15) is 4.91 Å². The molecule has 1 fully saturated rings. The zero-order chi connectivity index (χ0) is 18.9. The van der Waals surface area contributed by atoms with Crippen LogP contribution in [0.2, 0.25) is 0 Å². The standard InChI is InChI=1S/C20H18N6O2/c27-25-19-16-5-9-22-12-17(16)23-20(24-19)28-15-1-2-18-13(11-15)6-10-26(18)14-3-7-21-8-4-14/h1-2,5-6,9-12,14,21H,3-4,7-8H2. The molecule has 1 saturated heterocycles. The highest BCUT2D eigenvalue weighted by atomic mass is 16.5. The maximum absolute atomic E-state index is 11.1. The highest BCUT2D eigenvalue weighted by Gasteiger charge is 2.17. The Morgan fingerprint density at radius 1 is 1.14 bits per heavy atom. The molecule has 0 atom stereocenters. The fourth-order valence-corrected chi connectivity index (χ4v) is 3.77. The number of fused-ring (bicyclic) bond motifs is 2. The van der Waals surface area contributed by atoms with Crippen molar-refractivity contribution >= 4 is 27.6 Å². The Bertz CT molecular complexity index is 1170. The first-order valence-electron chi connectivity index (χ1n) is 9.26. The van der Waals surface area contributed by atoms with Crippen LogP contribution in [0.1, 0.15) is 18.9 Å². The van der Waals surface area contributed by atoms with Crippen LogP contribution in [0.4, 0.5) is 5.82 Å². The van der Waals surface area contributed by atoms with Gasteiger partial charge >= 0.3 is 6.01 Å². The van der Waals surface area contributed by atoms with Crippen LogP contribution in [0.15, 0.2) is 54.1 Å². The van der Waals surface area contributed by atoms with Gasteiger partial charge in [-0.25, -0.2) is 0 Å². The lowest BCUT2D eigenvalue weighted by molar-refractivity contribution is 0.376. The number of hydrogen-bond donors (Lipinski definition) is 1. The Kier molecular flexibility index (Phi) is 4.17. The van der Waals surface area contributed by atoms with Crippen molar-refractivity contribution in [1.82, 2.24) is 24.8 Å². The van der Waals surface area contributed by atoms with Gasteiger partial charge in [0, 0.05) is 29.3 Å². The first-order valence-corrected chi connectivity index (χ1v) is 9.26. The number of nitroso groups, excluding NO2 is 1. The fourth-order valence-electron chi connectivity index (χ4n) is 3.77. The van der Waals surface area contributed by atoms with E-state index in [0.717, 1.165) is 31.3 Å². The number of benzene rings is 1. The SMILES string of the molecule is O=Nc1nc(Oc2ccc3c(ccn3C3CCNCC3)c2)nc2cnccc12. The summed E-state index contributed by atoms with van der Waals surface area (Å²) in [6.45, 7) is 2.10. The molecule has 4 heterocycles. The van der Waals surface area contributed by atoms with Crippen molar-refractivity contribution in [2.45, 2.75) is 18.9 Å². The van der Waals surface area contributed by atoms with E-state index >= 15 is 0 Å². The number of nitrogens with one attached hydrogen (secondary N) is 1. The number of rotatable bonds is 4. The van der Waals surface area contributed by atoms with Crippen LogP contribution in [0.5, 0.6) is 11.8 Å². The minimum absolute atomic E-state index is 0.0422. The second-order valence-corrected chi connectivity index (χ2v) is 6.84. The van der Waals surface area contributed by atoms with Crippen molar-refractivity contribution in [3.05, 3.63) is 53.8 Å². The topological polar surface area (TPSA) is 94.3 Å². The van der Waals surface area contributed by atoms with Crippen molar-refractivity contribution < 1.29 is 4.74 Å². The predicted molar refractivity (Wildman–Crippen MR) is 106 cm³/mol. The summed E-state index contributed by atoms with van der Waals surface area (Å²) in [5, 5.41) is 8.03. The normalized spacial score (nSPS) is 15.1. The minimum Gasteiger partial charge on any atom is -0.424 e. The lowest BCUT2D eigenvalue weighted by Crippen LogP contribution is -2.29. The van der Waals surface area contributed by atoms with Gasteiger partial charge in [0.25, 0.3) is 0 Å². The van der Waals surface area contributed by atoms with E-state index in [-0.39, 0.29) is 11.8 Å². The Labute approximate surface area is 160 Å². The number of nitrogens with zero attached hydrogens (tertiary/aromatic N) is 5. The zero-order valence-corrected chi connectivity index (χ0v) is 15.1. The summed E-state index contributed by atoms with van der Waals surface area (Å²) >= 11 is 0. The van der Waals surface area contributed by atoms with Crippen LogP contribution in [-0.2, 0) is 0 Å². The van der Waals surface area contributed by atoms with Crippen LogP contribution >= 0.6 is 0 Å². The maximum Gasteiger partial charge on any atom is 0.324 e. The van der Waals surface area contributed by atoms with Gasteiger partial charge in [-0.05, 0) is 61.4 Å². The van der Waals surface area contributed by atoms with Crippen LogP contribution in [0.25, 0.3) is 21.8 Å². The number of aromatic nitrogens is 4. The highest BCUT2D eigenvalue weighted by molar-refractivity contribution is 5.87. The van der Waals surface area contributed by atoms with Gasteiger partial charge in [-0.15, -0.1) is 4.91 Å². The molecule has 8 heteroatoms. The Hall–Kier alpha value is -3.39. The molecule has 0 radical (unpaired) electrons. The van der Waals surface area contributed by atoms with Gasteiger partial charge < -0.3 is 14.6 Å². The molecule has 5 rings (SSSR count). The van der Waals surface area contributed by atoms with Gasteiger partial charge in [-0.2, -0.15) is 9.97 Å². The van der Waals surface area contributed by atoms with Gasteiger partial charge in [0.1, 0.15) is 5.75 Å².